The van der Waals surface area contributed by atoms with Crippen molar-refractivity contribution < 1.29 is 37.4 Å². The first-order valence-corrected chi connectivity index (χ1v) is 5.23. The van der Waals surface area contributed by atoms with Gasteiger partial charge in [0.1, 0.15) is 0 Å². The first kappa shape index (κ1) is 17.3. The minimum absolute atomic E-state index is 0.158. The first-order chi connectivity index (χ1) is 8.50. The van der Waals surface area contributed by atoms with E-state index in [1.54, 1.807) is 0 Å². The van der Waals surface area contributed by atoms with Gasteiger partial charge in [-0.2, -0.15) is 18.0 Å². The van der Waals surface area contributed by atoms with Crippen LogP contribution in [0.1, 0.15) is 20.8 Å². The zero-order valence-electron chi connectivity index (χ0n) is 10.5. The molecule has 0 aromatic rings. The third kappa shape index (κ3) is 3.62. The van der Waals surface area contributed by atoms with Crippen molar-refractivity contribution in [3.63, 3.8) is 0 Å². The number of hydrogen-bond acceptors (Lipinski definition) is 4. The lowest BCUT2D eigenvalue weighted by Crippen LogP contribution is -2.52. The third-order valence-corrected chi connectivity index (χ3v) is 2.61. The van der Waals surface area contributed by atoms with Crippen LogP contribution in [0.2, 0.25) is 0 Å². The number of carbonyl (C=O) groups is 2. The number of ether oxygens (including phenoxy) is 1. The molecule has 0 unspecified atom stereocenters. The fraction of sp³-hybridized carbons (Fsp3) is 0.700. The Labute approximate surface area is 106 Å². The van der Waals surface area contributed by atoms with Crippen molar-refractivity contribution in [2.75, 3.05) is 6.61 Å². The Kier molecular flexibility index (Phi) is 5.40. The van der Waals surface area contributed by atoms with Crippen LogP contribution in [0.25, 0.3) is 5.53 Å². The van der Waals surface area contributed by atoms with E-state index in [2.05, 4.69) is 9.53 Å². The average molecular weight is 282 g/mol. The van der Waals surface area contributed by atoms with Gasteiger partial charge >= 0.3 is 17.9 Å². The summed E-state index contributed by atoms with van der Waals surface area (Å²) < 4.78 is 42.0. The van der Waals surface area contributed by atoms with Crippen molar-refractivity contribution >= 4 is 17.5 Å². The van der Waals surface area contributed by atoms with E-state index in [1.807, 2.05) is 0 Å². The zero-order chi connectivity index (χ0) is 15.4. The molecule has 0 aliphatic heterocycles. The number of alkyl halides is 3. The summed E-state index contributed by atoms with van der Waals surface area (Å²) in [6, 6.07) is 0. The minimum atomic E-state index is -5.09. The van der Waals surface area contributed by atoms with Crippen molar-refractivity contribution in [1.29, 1.82) is 0 Å². The number of carbonyl (C=O) groups excluding carboxylic acids is 2. The smallest absolute Gasteiger partial charge is 0.441 e. The molecule has 0 fully saturated rings. The molecule has 0 radical (unpaired) electrons. The maximum Gasteiger partial charge on any atom is 0.441 e. The summed E-state index contributed by atoms with van der Waals surface area (Å²) in [6.45, 7) is 2.39. The summed E-state index contributed by atoms with van der Waals surface area (Å²) >= 11 is 0. The van der Waals surface area contributed by atoms with Gasteiger partial charge < -0.3 is 15.4 Å². The van der Waals surface area contributed by atoms with Crippen LogP contribution in [-0.4, -0.2) is 45.7 Å². The molecule has 0 amide bonds. The molecule has 0 bridgehead atoms. The van der Waals surface area contributed by atoms with E-state index < -0.39 is 35.2 Å². The summed E-state index contributed by atoms with van der Waals surface area (Å²) in [5, 5.41) is 9.31. The molecule has 19 heavy (non-hydrogen) atoms. The van der Waals surface area contributed by atoms with Crippen LogP contribution in [0.4, 0.5) is 13.2 Å². The van der Waals surface area contributed by atoms with Crippen LogP contribution >= 0.6 is 0 Å². The zero-order valence-corrected chi connectivity index (χ0v) is 10.5. The molecule has 0 rings (SSSR count). The maximum atomic E-state index is 12.5. The van der Waals surface area contributed by atoms with Crippen molar-refractivity contribution in [3.05, 3.63) is 5.53 Å². The Morgan fingerprint density at radius 2 is 1.89 bits per heavy atom. The Balaban J connectivity index is 5.32. The number of nitrogens with zero attached hydrogens (tertiary/aromatic N) is 2. The SMILES string of the molecule is CCOC(=O)C(=[N+]=[N-])C(=O)[C@H](C)[C@](C)(O)C(F)(F)F. The predicted molar refractivity (Wildman–Crippen MR) is 56.1 cm³/mol. The summed E-state index contributed by atoms with van der Waals surface area (Å²) in [5.41, 5.74) is 3.95. The lowest BCUT2D eigenvalue weighted by molar-refractivity contribution is -0.266. The number of rotatable bonds is 5. The molecule has 9 heteroatoms. The van der Waals surface area contributed by atoms with Crippen LogP contribution in [0.5, 0.6) is 0 Å². The second-order valence-electron chi connectivity index (χ2n) is 3.90. The molecule has 2 atom stereocenters. The predicted octanol–water partition coefficient (Wildman–Crippen LogP) is 0.739. The standard InChI is InChI=1S/C10H13F3N2O4/c1-4-19-8(17)6(15-14)7(16)5(2)9(3,18)10(11,12)13/h5,18H,4H2,1-3H3/t5-,9-/m0/s1. The molecule has 6 nitrogen and oxygen atoms in total. The third-order valence-electron chi connectivity index (χ3n) is 2.61. The fourth-order valence-electron chi connectivity index (χ4n) is 1.10. The van der Waals surface area contributed by atoms with Gasteiger partial charge in [0.15, 0.2) is 5.60 Å². The van der Waals surface area contributed by atoms with Gasteiger partial charge in [0.2, 0.25) is 0 Å². The topological polar surface area (TPSA) is 100 Å². The largest absolute Gasteiger partial charge is 0.457 e. The van der Waals surface area contributed by atoms with Gasteiger partial charge in [-0.05, 0) is 13.8 Å². The molecular formula is C10H13F3N2O4. The van der Waals surface area contributed by atoms with E-state index >= 15 is 0 Å². The molecule has 108 valence electrons. The second-order valence-corrected chi connectivity index (χ2v) is 3.90. The van der Waals surface area contributed by atoms with Crippen molar-refractivity contribution in [2.24, 2.45) is 5.92 Å². The van der Waals surface area contributed by atoms with Gasteiger partial charge in [0, 0.05) is 0 Å². The number of aliphatic hydroxyl groups is 1. The Morgan fingerprint density at radius 1 is 1.42 bits per heavy atom. The minimum Gasteiger partial charge on any atom is -0.457 e. The fourth-order valence-corrected chi connectivity index (χ4v) is 1.10. The van der Waals surface area contributed by atoms with Crippen LogP contribution in [0.3, 0.4) is 0 Å². The van der Waals surface area contributed by atoms with E-state index in [4.69, 9.17) is 5.53 Å². The molecule has 0 aromatic heterocycles. The summed E-state index contributed by atoms with van der Waals surface area (Å²) in [5.74, 6) is -4.87. The number of halogens is 3. The maximum absolute atomic E-state index is 12.5. The van der Waals surface area contributed by atoms with Gasteiger partial charge in [-0.3, -0.25) is 4.79 Å². The van der Waals surface area contributed by atoms with Crippen LogP contribution in [0.15, 0.2) is 0 Å². The van der Waals surface area contributed by atoms with Crippen LogP contribution in [-0.2, 0) is 14.3 Å². The number of Topliss-reactive ketones (excluding diaryl/α,β-unsaturated/α-hetero) is 1. The highest BCUT2D eigenvalue weighted by Gasteiger charge is 2.57. The highest BCUT2D eigenvalue weighted by molar-refractivity contribution is 6.62. The van der Waals surface area contributed by atoms with E-state index in [9.17, 15) is 27.9 Å². The highest BCUT2D eigenvalue weighted by Crippen LogP contribution is 2.36. The summed E-state index contributed by atoms with van der Waals surface area (Å²) in [4.78, 5) is 25.2. The molecule has 0 saturated carbocycles. The van der Waals surface area contributed by atoms with Crippen molar-refractivity contribution in [2.45, 2.75) is 32.5 Å². The molecule has 0 saturated heterocycles. The quantitative estimate of drug-likeness (QED) is 0.264. The van der Waals surface area contributed by atoms with Gasteiger partial charge in [0.25, 0.3) is 5.78 Å². The Morgan fingerprint density at radius 3 is 2.21 bits per heavy atom. The monoisotopic (exact) mass is 282 g/mol. The first-order valence-electron chi connectivity index (χ1n) is 5.23. The molecule has 0 heterocycles. The molecule has 0 aliphatic rings. The van der Waals surface area contributed by atoms with Crippen LogP contribution in [0, 0.1) is 5.92 Å². The summed E-state index contributed by atoms with van der Waals surface area (Å²) in [7, 11) is 0. The van der Waals surface area contributed by atoms with E-state index in [-0.39, 0.29) is 6.61 Å². The number of hydrogen-bond donors (Lipinski definition) is 1. The Bertz CT molecular complexity index is 425. The molecular weight excluding hydrogens is 269 g/mol. The van der Waals surface area contributed by atoms with Crippen LogP contribution < -0.4 is 0 Å². The lowest BCUT2D eigenvalue weighted by atomic mass is 9.85. The van der Waals surface area contributed by atoms with Crippen molar-refractivity contribution in [3.8, 4) is 0 Å². The molecule has 0 aromatic carbocycles. The second kappa shape index (κ2) is 5.94. The van der Waals surface area contributed by atoms with E-state index in [0.717, 1.165) is 6.92 Å². The number of ketones is 1. The van der Waals surface area contributed by atoms with Gasteiger partial charge in [0.05, 0.1) is 12.5 Å². The highest BCUT2D eigenvalue weighted by atomic mass is 19.4. The normalized spacial score (nSPS) is 15.9. The van der Waals surface area contributed by atoms with Crippen molar-refractivity contribution in [1.82, 2.24) is 0 Å². The molecule has 0 spiro atoms. The van der Waals surface area contributed by atoms with Gasteiger partial charge in [-0.25, -0.2) is 4.79 Å². The Hall–Kier alpha value is -1.73. The molecule has 0 aliphatic carbocycles. The van der Waals surface area contributed by atoms with Gasteiger partial charge in [-0.1, -0.05) is 6.92 Å². The van der Waals surface area contributed by atoms with Gasteiger partial charge in [-0.15, -0.1) is 0 Å². The summed E-state index contributed by atoms with van der Waals surface area (Å²) in [6.07, 6.45) is -5.09. The lowest BCUT2D eigenvalue weighted by Gasteiger charge is -2.30. The van der Waals surface area contributed by atoms with E-state index in [0.29, 0.717) is 6.92 Å². The number of esters is 1. The average Bonchev–Trinajstić information content (AvgIpc) is 2.27. The van der Waals surface area contributed by atoms with E-state index in [1.165, 1.54) is 6.92 Å². The molecule has 1 N–H and O–H groups in total.